The van der Waals surface area contributed by atoms with Crippen LogP contribution >= 0.6 is 24.0 Å². The van der Waals surface area contributed by atoms with Crippen molar-refractivity contribution in [1.29, 1.82) is 0 Å². The van der Waals surface area contributed by atoms with E-state index in [0.717, 1.165) is 28.0 Å². The number of hydrogen-bond donors (Lipinski definition) is 1. The van der Waals surface area contributed by atoms with E-state index in [0.29, 0.717) is 15.0 Å². The van der Waals surface area contributed by atoms with Crippen molar-refractivity contribution < 1.29 is 9.21 Å². The van der Waals surface area contributed by atoms with E-state index >= 15 is 0 Å². The van der Waals surface area contributed by atoms with Crippen LogP contribution in [0.2, 0.25) is 0 Å². The highest BCUT2D eigenvalue weighted by Gasteiger charge is 2.24. The van der Waals surface area contributed by atoms with Crippen molar-refractivity contribution in [3.05, 3.63) is 59.0 Å². The van der Waals surface area contributed by atoms with Crippen molar-refractivity contribution in [3.8, 4) is 11.1 Å². The Morgan fingerprint density at radius 2 is 2.04 bits per heavy atom. The molecule has 2 aromatic heterocycles. The van der Waals surface area contributed by atoms with Gasteiger partial charge in [-0.15, -0.1) is 0 Å². The predicted molar refractivity (Wildman–Crippen MR) is 108 cm³/mol. The molecule has 1 saturated heterocycles. The van der Waals surface area contributed by atoms with Crippen LogP contribution in [0.3, 0.4) is 0 Å². The minimum Gasteiger partial charge on any atom is -0.456 e. The van der Waals surface area contributed by atoms with Gasteiger partial charge in [0.25, 0.3) is 5.91 Å². The van der Waals surface area contributed by atoms with E-state index in [2.05, 4.69) is 34.6 Å². The number of rotatable bonds is 3. The molecule has 26 heavy (non-hydrogen) atoms. The average Bonchev–Trinajstić information content (AvgIpc) is 3.33. The second kappa shape index (κ2) is 6.07. The quantitative estimate of drug-likeness (QED) is 0.521. The Kier molecular flexibility index (Phi) is 3.69. The van der Waals surface area contributed by atoms with E-state index < -0.39 is 0 Å². The molecule has 1 amide bonds. The summed E-state index contributed by atoms with van der Waals surface area (Å²) >= 11 is 6.27. The number of furan rings is 1. The van der Waals surface area contributed by atoms with Gasteiger partial charge in [0.15, 0.2) is 0 Å². The number of carbonyl (C=O) groups excluding carboxylic acids is 1. The van der Waals surface area contributed by atoms with E-state index in [-0.39, 0.29) is 5.91 Å². The van der Waals surface area contributed by atoms with Gasteiger partial charge < -0.3 is 9.73 Å². The number of nitrogens with zero attached hydrogens (tertiary/aromatic N) is 1. The van der Waals surface area contributed by atoms with Gasteiger partial charge in [-0.1, -0.05) is 48.2 Å². The molecule has 2 aliphatic rings. The molecule has 1 aromatic carbocycles. The molecule has 6 heteroatoms. The van der Waals surface area contributed by atoms with Crippen molar-refractivity contribution >= 4 is 51.3 Å². The van der Waals surface area contributed by atoms with Crippen molar-refractivity contribution in [2.24, 2.45) is 0 Å². The lowest BCUT2D eigenvalue weighted by molar-refractivity contribution is -0.115. The third kappa shape index (κ3) is 2.85. The molecule has 4 nitrogen and oxygen atoms in total. The number of benzene rings is 1. The maximum atomic E-state index is 11.8. The van der Waals surface area contributed by atoms with E-state index in [1.807, 2.05) is 12.3 Å². The first-order valence-electron chi connectivity index (χ1n) is 8.40. The maximum Gasteiger partial charge on any atom is 0.263 e. The van der Waals surface area contributed by atoms with Crippen LogP contribution in [0.4, 0.5) is 0 Å². The molecule has 3 aromatic rings. The van der Waals surface area contributed by atoms with Gasteiger partial charge in [0.2, 0.25) is 0 Å². The first kappa shape index (κ1) is 15.8. The highest BCUT2D eigenvalue weighted by molar-refractivity contribution is 8.26. The molecule has 1 aliphatic carbocycles. The van der Waals surface area contributed by atoms with E-state index in [1.54, 1.807) is 12.3 Å². The van der Waals surface area contributed by atoms with Crippen molar-refractivity contribution in [3.63, 3.8) is 0 Å². The zero-order valence-electron chi connectivity index (χ0n) is 13.7. The molecule has 1 aliphatic heterocycles. The normalized spacial score (nSPS) is 18.7. The van der Waals surface area contributed by atoms with Crippen molar-refractivity contribution in [2.45, 2.75) is 18.8 Å². The lowest BCUT2D eigenvalue weighted by atomic mass is 10.0. The number of thioether (sulfide) groups is 1. The molecule has 1 saturated carbocycles. The molecule has 128 valence electrons. The van der Waals surface area contributed by atoms with Gasteiger partial charge in [-0.3, -0.25) is 9.78 Å². The van der Waals surface area contributed by atoms with Crippen LogP contribution in [-0.2, 0) is 4.79 Å². The zero-order valence-corrected chi connectivity index (χ0v) is 15.3. The Morgan fingerprint density at radius 1 is 1.23 bits per heavy atom. The molecular weight excluding hydrogens is 364 g/mol. The van der Waals surface area contributed by atoms with Gasteiger partial charge in [-0.25, -0.2) is 0 Å². The first-order valence-corrected chi connectivity index (χ1v) is 9.62. The second-order valence-corrected chi connectivity index (χ2v) is 8.22. The summed E-state index contributed by atoms with van der Waals surface area (Å²) < 4.78 is 6.50. The Hall–Kier alpha value is -2.44. The Labute approximate surface area is 159 Å². The highest BCUT2D eigenvalue weighted by Crippen LogP contribution is 2.41. The fourth-order valence-electron chi connectivity index (χ4n) is 3.16. The molecule has 5 rings (SSSR count). The summed E-state index contributed by atoms with van der Waals surface area (Å²) in [6.45, 7) is 0. The number of fused-ring (bicyclic) bond motifs is 1. The molecule has 0 atom stereocenters. The molecule has 0 bridgehead atoms. The second-order valence-electron chi connectivity index (χ2n) is 6.50. The topological polar surface area (TPSA) is 55.1 Å². The number of aromatic nitrogens is 1. The number of carbonyl (C=O) groups is 1. The summed E-state index contributed by atoms with van der Waals surface area (Å²) in [6, 6.07) is 10.5. The number of thiocarbonyl (C=S) groups is 1. The van der Waals surface area contributed by atoms with Gasteiger partial charge in [-0.2, -0.15) is 0 Å². The van der Waals surface area contributed by atoms with Crippen LogP contribution in [0.15, 0.2) is 52.0 Å². The molecule has 3 heterocycles. The largest absolute Gasteiger partial charge is 0.456 e. The molecular formula is C20H14N2O2S2. The fourth-order valence-corrected chi connectivity index (χ4v) is 4.18. The van der Waals surface area contributed by atoms with E-state index in [1.165, 1.54) is 30.2 Å². The van der Waals surface area contributed by atoms with Gasteiger partial charge in [0.1, 0.15) is 15.7 Å². The van der Waals surface area contributed by atoms with Crippen LogP contribution in [0, 0.1) is 0 Å². The van der Waals surface area contributed by atoms with E-state index in [9.17, 15) is 4.79 Å². The monoisotopic (exact) mass is 378 g/mol. The van der Waals surface area contributed by atoms with Crippen LogP contribution in [0.5, 0.6) is 0 Å². The number of amides is 1. The molecule has 0 unspecified atom stereocenters. The lowest BCUT2D eigenvalue weighted by Crippen LogP contribution is -2.17. The van der Waals surface area contributed by atoms with Gasteiger partial charge >= 0.3 is 0 Å². The summed E-state index contributed by atoms with van der Waals surface area (Å²) in [7, 11) is 0. The summed E-state index contributed by atoms with van der Waals surface area (Å²) in [5.74, 6) is 1.17. The van der Waals surface area contributed by atoms with Gasteiger partial charge in [0, 0.05) is 29.4 Å². The zero-order chi connectivity index (χ0) is 17.7. The predicted octanol–water partition coefficient (Wildman–Crippen LogP) is 4.86. The molecule has 0 spiro atoms. The highest BCUT2D eigenvalue weighted by atomic mass is 32.2. The minimum atomic E-state index is -0.186. The Morgan fingerprint density at radius 3 is 2.73 bits per heavy atom. The third-order valence-electron chi connectivity index (χ3n) is 4.63. The van der Waals surface area contributed by atoms with E-state index in [4.69, 9.17) is 16.6 Å². The summed E-state index contributed by atoms with van der Waals surface area (Å²) in [6.07, 6.45) is 7.90. The number of pyridine rings is 1. The van der Waals surface area contributed by atoms with Gasteiger partial charge in [-0.05, 0) is 36.0 Å². The van der Waals surface area contributed by atoms with Crippen LogP contribution < -0.4 is 5.32 Å². The summed E-state index contributed by atoms with van der Waals surface area (Å²) in [4.78, 5) is 16.7. The number of nitrogens with one attached hydrogen (secondary N) is 1. The maximum absolute atomic E-state index is 11.8. The third-order valence-corrected chi connectivity index (χ3v) is 5.79. The van der Waals surface area contributed by atoms with Crippen LogP contribution in [0.1, 0.15) is 30.1 Å². The van der Waals surface area contributed by atoms with Crippen molar-refractivity contribution in [1.82, 2.24) is 10.3 Å². The van der Waals surface area contributed by atoms with Crippen molar-refractivity contribution in [2.75, 3.05) is 0 Å². The molecule has 0 radical (unpaired) electrons. The standard InChI is InChI=1S/C20H14N2O2S2/c23-19-17(26-20(25)22-19)8-15-7-14-9-21-10-16(18(14)24-15)13-5-3-12(4-6-13)11-1-2-11/h3-11H,1-2H2,(H,22,23,25). The Bertz CT molecular complexity index is 1080. The number of hydrogen-bond acceptors (Lipinski definition) is 5. The van der Waals surface area contributed by atoms with Gasteiger partial charge in [0.05, 0.1) is 4.91 Å². The lowest BCUT2D eigenvalue weighted by Gasteiger charge is -2.04. The smallest absolute Gasteiger partial charge is 0.263 e. The minimum absolute atomic E-state index is 0.186. The van der Waals surface area contributed by atoms with Crippen LogP contribution in [0.25, 0.3) is 28.2 Å². The fraction of sp³-hybridized carbons (Fsp3) is 0.150. The summed E-state index contributed by atoms with van der Waals surface area (Å²) in [5, 5.41) is 3.52. The summed E-state index contributed by atoms with van der Waals surface area (Å²) in [5.41, 5.74) is 4.21. The SMILES string of the molecule is O=C1NC(=S)SC1=Cc1cc2cncc(-c3ccc(C4CC4)cc3)c2o1. The molecule has 2 fully saturated rings. The van der Waals surface area contributed by atoms with Crippen LogP contribution in [-0.4, -0.2) is 15.2 Å². The Balaban J connectivity index is 1.54. The first-order chi connectivity index (χ1) is 12.7. The average molecular weight is 378 g/mol. The molecule has 1 N–H and O–H groups in total.